The van der Waals surface area contributed by atoms with Crippen molar-refractivity contribution in [2.75, 3.05) is 32.5 Å². The van der Waals surface area contributed by atoms with Gasteiger partial charge in [0.25, 0.3) is 5.91 Å². The summed E-state index contributed by atoms with van der Waals surface area (Å²) >= 11 is 0. The van der Waals surface area contributed by atoms with Crippen molar-refractivity contribution in [1.82, 2.24) is 9.80 Å². The summed E-state index contributed by atoms with van der Waals surface area (Å²) in [6, 6.07) is 12.3. The van der Waals surface area contributed by atoms with Gasteiger partial charge in [0, 0.05) is 37.2 Å². The number of aliphatic hydroxyl groups excluding tert-OH is 3. The van der Waals surface area contributed by atoms with E-state index in [1.807, 2.05) is 18.2 Å². The first-order valence-electron chi connectivity index (χ1n) is 15.1. The summed E-state index contributed by atoms with van der Waals surface area (Å²) in [5.41, 5.74) is 2.99. The molecule has 45 heavy (non-hydrogen) atoms. The van der Waals surface area contributed by atoms with Crippen molar-refractivity contribution in [3.05, 3.63) is 81.8 Å². The average molecular weight is 619 g/mol. The minimum atomic E-state index is -2.93. The molecule has 12 nitrogen and oxygen atoms in total. The number of hydrogen-bond donors (Lipinski definition) is 7. The molecule has 5 atom stereocenters. The molecule has 238 valence electrons. The molecule has 1 fully saturated rings. The number of aromatic hydroxyl groups is 1. The molecule has 8 N–H and O–H groups in total. The predicted molar refractivity (Wildman–Crippen MR) is 163 cm³/mol. The third-order valence-electron chi connectivity index (χ3n) is 9.87. The monoisotopic (exact) mass is 618 g/mol. The second kappa shape index (κ2) is 11.3. The fourth-order valence-corrected chi connectivity index (χ4v) is 7.65. The Morgan fingerprint density at radius 1 is 1.07 bits per heavy atom. The van der Waals surface area contributed by atoms with E-state index in [9.17, 15) is 39.9 Å². The number of carbonyl (C=O) groups excluding carboxylic acids is 3. The molecule has 1 aliphatic heterocycles. The highest BCUT2D eigenvalue weighted by atomic mass is 16.4. The van der Waals surface area contributed by atoms with Crippen molar-refractivity contribution in [3.8, 4) is 5.75 Å². The summed E-state index contributed by atoms with van der Waals surface area (Å²) in [4.78, 5) is 43.4. The zero-order valence-corrected chi connectivity index (χ0v) is 25.1. The molecule has 0 aromatic heterocycles. The molecule has 1 amide bonds. The number of nitrogens with two attached hydrogens (primary N) is 1. The quantitative estimate of drug-likeness (QED) is 0.181. The number of fused-ring (bicyclic) bond motifs is 3. The molecule has 1 heterocycles. The maximum absolute atomic E-state index is 14.0. The summed E-state index contributed by atoms with van der Waals surface area (Å²) in [5, 5.41) is 60.4. The molecule has 0 spiro atoms. The Bertz CT molecular complexity index is 1630. The molecule has 4 aliphatic rings. The third-order valence-corrected chi connectivity index (χ3v) is 9.87. The highest BCUT2D eigenvalue weighted by molar-refractivity contribution is 6.25. The molecule has 3 aliphatic carbocycles. The molecular formula is C33H38N4O8. The Balaban J connectivity index is 1.30. The maximum Gasteiger partial charge on any atom is 0.255 e. The van der Waals surface area contributed by atoms with E-state index in [2.05, 4.69) is 22.3 Å². The van der Waals surface area contributed by atoms with Crippen LogP contribution in [0.25, 0.3) is 0 Å². The molecular weight excluding hydrogens is 580 g/mol. The molecule has 2 aromatic carbocycles. The normalized spacial score (nSPS) is 29.0. The summed E-state index contributed by atoms with van der Waals surface area (Å²) in [6.45, 7) is 2.53. The molecule has 0 radical (unpaired) electrons. The van der Waals surface area contributed by atoms with Crippen LogP contribution in [0.5, 0.6) is 5.75 Å². The fourth-order valence-electron chi connectivity index (χ4n) is 7.65. The van der Waals surface area contributed by atoms with Gasteiger partial charge in [0.05, 0.1) is 29.3 Å². The first kappa shape index (κ1) is 30.8. The second-order valence-corrected chi connectivity index (χ2v) is 12.7. The van der Waals surface area contributed by atoms with E-state index in [4.69, 9.17) is 5.73 Å². The first-order chi connectivity index (χ1) is 21.4. The molecule has 12 heteroatoms. The maximum atomic E-state index is 14.0. The van der Waals surface area contributed by atoms with Crippen molar-refractivity contribution in [2.45, 2.75) is 49.6 Å². The van der Waals surface area contributed by atoms with Gasteiger partial charge >= 0.3 is 0 Å². The van der Waals surface area contributed by atoms with Gasteiger partial charge < -0.3 is 36.6 Å². The number of anilines is 1. The lowest BCUT2D eigenvalue weighted by Gasteiger charge is -2.52. The number of ketones is 2. The van der Waals surface area contributed by atoms with Crippen LogP contribution in [0.2, 0.25) is 0 Å². The number of likely N-dealkylation sites (tertiary alicyclic amines) is 1. The van der Waals surface area contributed by atoms with Crippen molar-refractivity contribution < 1.29 is 39.9 Å². The molecule has 1 saturated heterocycles. The number of carbonyl (C=O) groups is 3. The van der Waals surface area contributed by atoms with Crippen LogP contribution < -0.4 is 11.1 Å². The number of amides is 1. The van der Waals surface area contributed by atoms with Gasteiger partial charge in [-0.05, 0) is 50.6 Å². The number of phenols is 1. The number of piperidine rings is 1. The minimum absolute atomic E-state index is 0.00141. The molecule has 0 saturated carbocycles. The zero-order chi connectivity index (χ0) is 32.4. The van der Waals surface area contributed by atoms with Gasteiger partial charge in [0.1, 0.15) is 22.8 Å². The lowest BCUT2D eigenvalue weighted by Crippen LogP contribution is -2.68. The molecule has 0 bridgehead atoms. The van der Waals surface area contributed by atoms with Crippen LogP contribution >= 0.6 is 0 Å². The predicted octanol–water partition coefficient (Wildman–Crippen LogP) is 1.17. The van der Waals surface area contributed by atoms with Gasteiger partial charge in [-0.2, -0.15) is 0 Å². The highest BCUT2D eigenvalue weighted by Gasteiger charge is 2.66. The zero-order valence-electron chi connectivity index (χ0n) is 25.1. The number of phenolic OH excluding ortho intramolecular Hbond substituents is 1. The number of benzene rings is 2. The number of Topliss-reactive ketones (excluding diaryl/α,β-unsaturated/α-hetero) is 2. The second-order valence-electron chi connectivity index (χ2n) is 12.7. The number of primary amides is 1. The number of nitrogens with one attached hydrogen (secondary N) is 1. The largest absolute Gasteiger partial charge is 0.510 e. The molecule has 1 unspecified atom stereocenters. The smallest absolute Gasteiger partial charge is 0.255 e. The molecule has 2 aromatic rings. The van der Waals surface area contributed by atoms with Gasteiger partial charge in [0.15, 0.2) is 11.4 Å². The van der Waals surface area contributed by atoms with Crippen molar-refractivity contribution in [1.29, 1.82) is 0 Å². The third kappa shape index (κ3) is 4.80. The lowest BCUT2D eigenvalue weighted by atomic mass is 9.57. The van der Waals surface area contributed by atoms with Crippen LogP contribution in [0, 0.1) is 11.8 Å². The minimum Gasteiger partial charge on any atom is -0.510 e. The Hall–Kier alpha value is -4.23. The average Bonchev–Trinajstić information content (AvgIpc) is 3.00. The van der Waals surface area contributed by atoms with E-state index in [0.29, 0.717) is 11.3 Å². The van der Waals surface area contributed by atoms with Gasteiger partial charge in [-0.25, -0.2) is 0 Å². The van der Waals surface area contributed by atoms with Gasteiger partial charge in [-0.3, -0.25) is 24.2 Å². The van der Waals surface area contributed by atoms with E-state index in [0.717, 1.165) is 32.5 Å². The molecule has 6 rings (SSSR count). The van der Waals surface area contributed by atoms with E-state index in [1.54, 1.807) is 12.1 Å². The number of hydrogen-bond acceptors (Lipinski definition) is 11. The van der Waals surface area contributed by atoms with Crippen LogP contribution in [0.4, 0.5) is 5.69 Å². The number of rotatable bonds is 6. The topological polar surface area (TPSA) is 197 Å². The van der Waals surface area contributed by atoms with Crippen LogP contribution in [0.15, 0.2) is 65.1 Å². The lowest BCUT2D eigenvalue weighted by molar-refractivity contribution is -0.161. The Morgan fingerprint density at radius 2 is 1.73 bits per heavy atom. The standard InChI is InChI=1S/C33H38N4O8/c1-36(2)25-24-26(38)19-14-17-8-9-20(35-18-10-12-37(13-11-18)15-16-6-4-3-5-7-16)27(39)21(17)28(40)22(19)30(42)33(24,45)31(43)23(29(25)41)32(34)44/h3-9,18-19,24-26,35,38-39,41-42,45H,10-15H2,1-2H3,(H2,34,44)/t19-,24-,25?,26+,33+/m1/s1. The summed E-state index contributed by atoms with van der Waals surface area (Å²) in [6.07, 6.45) is 0.0151. The highest BCUT2D eigenvalue weighted by Crippen LogP contribution is 2.52. The van der Waals surface area contributed by atoms with E-state index >= 15 is 0 Å². The van der Waals surface area contributed by atoms with E-state index < -0.39 is 69.7 Å². The van der Waals surface area contributed by atoms with Gasteiger partial charge in [-0.1, -0.05) is 36.4 Å². The van der Waals surface area contributed by atoms with Crippen molar-refractivity contribution in [3.63, 3.8) is 0 Å². The number of likely N-dealkylation sites (N-methyl/N-ethyl adjacent to an activating group) is 1. The van der Waals surface area contributed by atoms with Crippen molar-refractivity contribution in [2.24, 2.45) is 17.6 Å². The summed E-state index contributed by atoms with van der Waals surface area (Å²) in [5.74, 6) is -8.27. The Morgan fingerprint density at radius 3 is 2.36 bits per heavy atom. The number of aliphatic hydroxyl groups is 4. The van der Waals surface area contributed by atoms with E-state index in [-0.39, 0.29) is 23.8 Å². The van der Waals surface area contributed by atoms with Crippen LogP contribution in [-0.4, -0.2) is 104 Å². The SMILES string of the molecule is CN(C)C1C(O)=C(C(N)=O)C(=O)[C@@]2(O)C(O)=C3C(=O)c4c(ccc(NC5CCN(Cc6ccccc6)CC5)c4O)C[C@H]3[C@H](O)[C@@H]12. The van der Waals surface area contributed by atoms with Gasteiger partial charge in [0.2, 0.25) is 5.78 Å². The van der Waals surface area contributed by atoms with E-state index in [1.165, 1.54) is 24.6 Å². The van der Waals surface area contributed by atoms with Crippen LogP contribution in [0.1, 0.15) is 34.3 Å². The summed E-state index contributed by atoms with van der Waals surface area (Å²) in [7, 11) is 3.00. The summed E-state index contributed by atoms with van der Waals surface area (Å²) < 4.78 is 0. The fraction of sp³-hybridized carbons (Fsp3) is 0.424. The van der Waals surface area contributed by atoms with Crippen LogP contribution in [-0.2, 0) is 22.6 Å². The first-order valence-corrected chi connectivity index (χ1v) is 15.1. The van der Waals surface area contributed by atoms with Gasteiger partial charge in [-0.15, -0.1) is 0 Å². The Labute approximate surface area is 260 Å². The van der Waals surface area contributed by atoms with Crippen molar-refractivity contribution >= 4 is 23.2 Å². The number of nitrogens with zero attached hydrogens (tertiary/aromatic N) is 2. The Kier molecular flexibility index (Phi) is 7.72. The van der Waals surface area contributed by atoms with Crippen LogP contribution in [0.3, 0.4) is 0 Å².